The summed E-state index contributed by atoms with van der Waals surface area (Å²) in [6, 6.07) is 11.7. The predicted octanol–water partition coefficient (Wildman–Crippen LogP) is 1.44. The normalized spacial score (nSPS) is 10.5. The van der Waals surface area contributed by atoms with Crippen molar-refractivity contribution in [1.82, 2.24) is 25.2 Å². The van der Waals surface area contributed by atoms with Crippen molar-refractivity contribution in [3.63, 3.8) is 0 Å². The molecule has 0 bridgehead atoms. The van der Waals surface area contributed by atoms with E-state index in [4.69, 9.17) is 0 Å². The van der Waals surface area contributed by atoms with E-state index in [9.17, 15) is 4.79 Å². The second kappa shape index (κ2) is 6.66. The number of aryl methyl sites for hydroxylation is 2. The average Bonchev–Trinajstić information content (AvgIpc) is 3.23. The molecule has 0 fully saturated rings. The van der Waals surface area contributed by atoms with Crippen LogP contribution in [0.3, 0.4) is 0 Å². The molecule has 3 aromatic rings. The number of hydrogen-bond donors (Lipinski definition) is 1. The van der Waals surface area contributed by atoms with Gasteiger partial charge in [-0.2, -0.15) is 0 Å². The molecular formula is C15H15N5O2. The lowest BCUT2D eigenvalue weighted by atomic mass is 10.1. The number of nitrogens with zero attached hydrogens (tertiary/aromatic N) is 4. The zero-order valence-electron chi connectivity index (χ0n) is 11.8. The van der Waals surface area contributed by atoms with Crippen molar-refractivity contribution >= 4 is 5.91 Å². The Kier molecular flexibility index (Phi) is 4.24. The molecule has 0 aliphatic rings. The number of carbonyl (C=O) groups excluding carboxylic acids is 1. The molecule has 1 amide bonds. The van der Waals surface area contributed by atoms with Crippen molar-refractivity contribution in [3.8, 4) is 0 Å². The fourth-order valence-corrected chi connectivity index (χ4v) is 2.08. The zero-order valence-corrected chi connectivity index (χ0v) is 11.8. The Balaban J connectivity index is 1.57. The minimum absolute atomic E-state index is 0.246. The van der Waals surface area contributed by atoms with Gasteiger partial charge >= 0.3 is 0 Å². The van der Waals surface area contributed by atoms with Crippen molar-refractivity contribution in [2.75, 3.05) is 0 Å². The Morgan fingerprint density at radius 2 is 2.09 bits per heavy atom. The predicted molar refractivity (Wildman–Crippen MR) is 77.8 cm³/mol. The maximum absolute atomic E-state index is 11.8. The summed E-state index contributed by atoms with van der Waals surface area (Å²) >= 11 is 0. The van der Waals surface area contributed by atoms with Gasteiger partial charge in [-0.05, 0) is 12.0 Å². The Hall–Kier alpha value is -2.96. The van der Waals surface area contributed by atoms with Crippen LogP contribution < -0.4 is 5.32 Å². The molecule has 2 aromatic heterocycles. The molecule has 22 heavy (non-hydrogen) atoms. The molecule has 1 N–H and O–H groups in total. The number of amides is 1. The molecule has 7 heteroatoms. The third kappa shape index (κ3) is 3.38. The van der Waals surface area contributed by atoms with Gasteiger partial charge in [0, 0.05) is 12.6 Å². The Morgan fingerprint density at radius 1 is 1.23 bits per heavy atom. The molecule has 0 unspecified atom stereocenters. The molecule has 2 heterocycles. The quantitative estimate of drug-likeness (QED) is 0.744. The van der Waals surface area contributed by atoms with Crippen molar-refractivity contribution in [1.29, 1.82) is 0 Å². The molecule has 112 valence electrons. The Bertz CT molecular complexity index is 721. The fourth-order valence-electron chi connectivity index (χ4n) is 2.08. The summed E-state index contributed by atoms with van der Waals surface area (Å²) in [5.74, 6) is 0.402. The molecule has 0 spiro atoms. The van der Waals surface area contributed by atoms with E-state index in [0.717, 1.165) is 13.0 Å². The van der Waals surface area contributed by atoms with Crippen LogP contribution >= 0.6 is 0 Å². The van der Waals surface area contributed by atoms with Gasteiger partial charge in [0.05, 0.1) is 6.54 Å². The van der Waals surface area contributed by atoms with E-state index >= 15 is 0 Å². The van der Waals surface area contributed by atoms with Crippen LogP contribution in [0.1, 0.15) is 21.9 Å². The first-order valence-electron chi connectivity index (χ1n) is 6.92. The lowest BCUT2D eigenvalue weighted by molar-refractivity contribution is 0.0940. The first kappa shape index (κ1) is 14.0. The molecule has 0 saturated carbocycles. The summed E-state index contributed by atoms with van der Waals surface area (Å²) in [6.07, 6.45) is 3.90. The lowest BCUT2D eigenvalue weighted by Crippen LogP contribution is -2.25. The van der Waals surface area contributed by atoms with Crippen molar-refractivity contribution < 1.29 is 9.32 Å². The average molecular weight is 297 g/mol. The van der Waals surface area contributed by atoms with Crippen LogP contribution in [0.2, 0.25) is 0 Å². The van der Waals surface area contributed by atoms with E-state index in [1.54, 1.807) is 6.33 Å². The van der Waals surface area contributed by atoms with E-state index in [0.29, 0.717) is 12.4 Å². The second-order valence-electron chi connectivity index (χ2n) is 4.74. The summed E-state index contributed by atoms with van der Waals surface area (Å²) in [4.78, 5) is 11.8. The van der Waals surface area contributed by atoms with Gasteiger partial charge in [-0.3, -0.25) is 4.79 Å². The van der Waals surface area contributed by atoms with Crippen LogP contribution in [0.4, 0.5) is 0 Å². The smallest absolute Gasteiger partial charge is 0.273 e. The molecule has 0 aliphatic carbocycles. The van der Waals surface area contributed by atoms with E-state index in [1.807, 2.05) is 22.8 Å². The standard InChI is InChI=1S/C15H15N5O2/c21-15(13-7-9-22-19-13)16-10-14-18-17-11-20(14)8-6-12-4-2-1-3-5-12/h1-5,7,9,11H,6,8,10H2,(H,16,21). The monoisotopic (exact) mass is 297 g/mol. The van der Waals surface area contributed by atoms with Crippen molar-refractivity contribution in [2.24, 2.45) is 0 Å². The summed E-state index contributed by atoms with van der Waals surface area (Å²) < 4.78 is 6.57. The van der Waals surface area contributed by atoms with Crippen LogP contribution in [-0.2, 0) is 19.5 Å². The minimum Gasteiger partial charge on any atom is -0.364 e. The van der Waals surface area contributed by atoms with E-state index in [-0.39, 0.29) is 11.6 Å². The highest BCUT2D eigenvalue weighted by molar-refractivity contribution is 5.91. The molecule has 3 rings (SSSR count). The van der Waals surface area contributed by atoms with Crippen molar-refractivity contribution in [2.45, 2.75) is 19.5 Å². The lowest BCUT2D eigenvalue weighted by Gasteiger charge is -2.07. The van der Waals surface area contributed by atoms with Gasteiger partial charge < -0.3 is 14.4 Å². The van der Waals surface area contributed by atoms with Gasteiger partial charge in [0.15, 0.2) is 11.5 Å². The molecule has 0 radical (unpaired) electrons. The summed E-state index contributed by atoms with van der Waals surface area (Å²) in [5.41, 5.74) is 1.49. The molecule has 7 nitrogen and oxygen atoms in total. The molecule has 0 saturated heterocycles. The summed E-state index contributed by atoms with van der Waals surface area (Å²) in [7, 11) is 0. The fraction of sp³-hybridized carbons (Fsp3) is 0.200. The topological polar surface area (TPSA) is 85.8 Å². The SMILES string of the molecule is O=C(NCc1nncn1CCc1ccccc1)c1ccon1. The van der Waals surface area contributed by atoms with Crippen LogP contribution in [0.5, 0.6) is 0 Å². The van der Waals surface area contributed by atoms with Gasteiger partial charge in [0.25, 0.3) is 5.91 Å². The highest BCUT2D eigenvalue weighted by Gasteiger charge is 2.11. The van der Waals surface area contributed by atoms with Crippen LogP contribution in [0, 0.1) is 0 Å². The van der Waals surface area contributed by atoms with Crippen LogP contribution in [-0.4, -0.2) is 25.8 Å². The molecular weight excluding hydrogens is 282 g/mol. The Labute approximate surface area is 127 Å². The third-order valence-corrected chi connectivity index (χ3v) is 3.26. The summed E-state index contributed by atoms with van der Waals surface area (Å²) in [6.45, 7) is 1.05. The highest BCUT2D eigenvalue weighted by Crippen LogP contribution is 2.04. The third-order valence-electron chi connectivity index (χ3n) is 3.26. The largest absolute Gasteiger partial charge is 0.364 e. The number of benzene rings is 1. The molecule has 0 atom stereocenters. The first-order valence-corrected chi connectivity index (χ1v) is 6.92. The van der Waals surface area contributed by atoms with Crippen LogP contribution in [0.15, 0.2) is 53.5 Å². The number of nitrogens with one attached hydrogen (secondary N) is 1. The first-order chi connectivity index (χ1) is 10.8. The maximum Gasteiger partial charge on any atom is 0.273 e. The molecule has 0 aliphatic heterocycles. The highest BCUT2D eigenvalue weighted by atomic mass is 16.5. The molecule has 1 aromatic carbocycles. The van der Waals surface area contributed by atoms with Gasteiger partial charge in [-0.1, -0.05) is 35.5 Å². The maximum atomic E-state index is 11.8. The van der Waals surface area contributed by atoms with Crippen molar-refractivity contribution in [3.05, 3.63) is 66.1 Å². The van der Waals surface area contributed by atoms with Crippen LogP contribution in [0.25, 0.3) is 0 Å². The number of hydrogen-bond acceptors (Lipinski definition) is 5. The zero-order chi connectivity index (χ0) is 15.2. The van der Waals surface area contributed by atoms with Gasteiger partial charge in [-0.15, -0.1) is 10.2 Å². The number of carbonyl (C=O) groups is 1. The number of aromatic nitrogens is 4. The van der Waals surface area contributed by atoms with Gasteiger partial charge in [0.1, 0.15) is 12.6 Å². The number of rotatable bonds is 6. The second-order valence-corrected chi connectivity index (χ2v) is 4.74. The minimum atomic E-state index is -0.300. The van der Waals surface area contributed by atoms with Gasteiger partial charge in [0.2, 0.25) is 0 Å². The van der Waals surface area contributed by atoms with E-state index in [2.05, 4.69) is 37.3 Å². The summed E-state index contributed by atoms with van der Waals surface area (Å²) in [5, 5.41) is 14.3. The Morgan fingerprint density at radius 3 is 2.86 bits per heavy atom. The van der Waals surface area contributed by atoms with E-state index < -0.39 is 0 Å². The van der Waals surface area contributed by atoms with E-state index in [1.165, 1.54) is 17.9 Å². The van der Waals surface area contributed by atoms with Gasteiger partial charge in [-0.25, -0.2) is 0 Å².